The van der Waals surface area contributed by atoms with E-state index in [1.54, 1.807) is 4.90 Å². The summed E-state index contributed by atoms with van der Waals surface area (Å²) in [6.45, 7) is 2.71. The number of hydrogen-bond acceptors (Lipinski definition) is 3. The molecule has 0 unspecified atom stereocenters. The molecule has 4 nitrogen and oxygen atoms in total. The van der Waals surface area contributed by atoms with Crippen LogP contribution in [0, 0.1) is 16.7 Å². The van der Waals surface area contributed by atoms with Gasteiger partial charge in [0.1, 0.15) is 5.41 Å². The van der Waals surface area contributed by atoms with Crippen molar-refractivity contribution in [2.24, 2.45) is 5.41 Å². The van der Waals surface area contributed by atoms with E-state index in [2.05, 4.69) is 6.07 Å². The molecule has 4 heteroatoms. The highest BCUT2D eigenvalue weighted by atomic mass is 16.5. The van der Waals surface area contributed by atoms with Gasteiger partial charge in [0.15, 0.2) is 0 Å². The van der Waals surface area contributed by atoms with Crippen LogP contribution in [-0.2, 0) is 9.53 Å². The fourth-order valence-electron chi connectivity index (χ4n) is 2.16. The lowest BCUT2D eigenvalue weighted by atomic mass is 9.69. The summed E-state index contributed by atoms with van der Waals surface area (Å²) in [5.74, 6) is 0.0294. The van der Waals surface area contributed by atoms with E-state index in [1.807, 2.05) is 0 Å². The lowest BCUT2D eigenvalue weighted by molar-refractivity contribution is -0.143. The van der Waals surface area contributed by atoms with Gasteiger partial charge in [0, 0.05) is 19.7 Å². The second-order valence-corrected chi connectivity index (χ2v) is 4.31. The fourth-order valence-corrected chi connectivity index (χ4v) is 2.16. The highest BCUT2D eigenvalue weighted by Crippen LogP contribution is 2.41. The third-order valence-corrected chi connectivity index (χ3v) is 3.34. The van der Waals surface area contributed by atoms with E-state index in [0.29, 0.717) is 13.2 Å². The second-order valence-electron chi connectivity index (χ2n) is 4.31. The predicted octanol–water partition coefficient (Wildman–Crippen LogP) is 0.929. The van der Waals surface area contributed by atoms with Crippen LogP contribution in [0.25, 0.3) is 0 Å². The zero-order valence-electron chi connectivity index (χ0n) is 8.87. The minimum absolute atomic E-state index is 0.0294. The van der Waals surface area contributed by atoms with Gasteiger partial charge in [-0.05, 0) is 25.7 Å². The minimum atomic E-state index is -0.690. The van der Waals surface area contributed by atoms with Crippen LogP contribution >= 0.6 is 0 Å². The van der Waals surface area contributed by atoms with Crippen LogP contribution in [0.1, 0.15) is 25.7 Å². The summed E-state index contributed by atoms with van der Waals surface area (Å²) in [5, 5.41) is 9.08. The molecule has 1 amide bonds. The van der Waals surface area contributed by atoms with Crippen molar-refractivity contribution >= 4 is 5.91 Å². The number of amides is 1. The average Bonchev–Trinajstić information content (AvgIpc) is 2.44. The van der Waals surface area contributed by atoms with Gasteiger partial charge in [-0.15, -0.1) is 0 Å². The number of carbonyl (C=O) groups is 1. The summed E-state index contributed by atoms with van der Waals surface area (Å²) in [6, 6.07) is 2.20. The molecule has 1 heterocycles. The van der Waals surface area contributed by atoms with E-state index >= 15 is 0 Å². The topological polar surface area (TPSA) is 53.3 Å². The Hall–Kier alpha value is -1.08. The standard InChI is InChI=1S/C11H16N2O2/c12-9-11(3-1-4-11)10(14)13-5-2-7-15-8-6-13/h1-8H2. The fraction of sp³-hybridized carbons (Fsp3) is 0.818. The van der Waals surface area contributed by atoms with Crippen molar-refractivity contribution < 1.29 is 9.53 Å². The largest absolute Gasteiger partial charge is 0.380 e. The Morgan fingerprint density at radius 1 is 1.27 bits per heavy atom. The molecule has 0 spiro atoms. The molecule has 2 aliphatic rings. The normalized spacial score (nSPS) is 24.9. The first-order valence-corrected chi connectivity index (χ1v) is 5.57. The number of hydrogen-bond donors (Lipinski definition) is 0. The minimum Gasteiger partial charge on any atom is -0.380 e. The Kier molecular flexibility index (Phi) is 2.92. The average molecular weight is 208 g/mol. The first-order chi connectivity index (χ1) is 7.28. The van der Waals surface area contributed by atoms with Crippen molar-refractivity contribution in [1.29, 1.82) is 5.26 Å². The van der Waals surface area contributed by atoms with Gasteiger partial charge in [-0.3, -0.25) is 4.79 Å². The first-order valence-electron chi connectivity index (χ1n) is 5.57. The zero-order chi connectivity index (χ0) is 10.7. The van der Waals surface area contributed by atoms with E-state index in [-0.39, 0.29) is 5.91 Å². The molecule has 1 aliphatic carbocycles. The van der Waals surface area contributed by atoms with Gasteiger partial charge in [0.2, 0.25) is 5.91 Å². The van der Waals surface area contributed by atoms with Gasteiger partial charge in [0.25, 0.3) is 0 Å². The van der Waals surface area contributed by atoms with Gasteiger partial charge < -0.3 is 9.64 Å². The summed E-state index contributed by atoms with van der Waals surface area (Å²) >= 11 is 0. The van der Waals surface area contributed by atoms with Crippen LogP contribution in [0.2, 0.25) is 0 Å². The highest BCUT2D eigenvalue weighted by Gasteiger charge is 2.46. The molecule has 1 saturated heterocycles. The summed E-state index contributed by atoms with van der Waals surface area (Å²) in [7, 11) is 0. The monoisotopic (exact) mass is 208 g/mol. The predicted molar refractivity (Wildman–Crippen MR) is 53.9 cm³/mol. The van der Waals surface area contributed by atoms with E-state index in [9.17, 15) is 4.79 Å². The summed E-state index contributed by atoms with van der Waals surface area (Å²) < 4.78 is 5.30. The van der Waals surface area contributed by atoms with Crippen LogP contribution < -0.4 is 0 Å². The zero-order valence-corrected chi connectivity index (χ0v) is 8.87. The van der Waals surface area contributed by atoms with Crippen LogP contribution in [0.5, 0.6) is 0 Å². The Morgan fingerprint density at radius 3 is 2.67 bits per heavy atom. The molecule has 82 valence electrons. The number of carbonyl (C=O) groups excluding carboxylic acids is 1. The molecule has 2 fully saturated rings. The Balaban J connectivity index is 2.02. The Labute approximate surface area is 89.8 Å². The molecule has 0 bridgehead atoms. The van der Waals surface area contributed by atoms with E-state index < -0.39 is 5.41 Å². The number of ether oxygens (including phenoxy) is 1. The van der Waals surface area contributed by atoms with Gasteiger partial charge in [-0.1, -0.05) is 0 Å². The third-order valence-electron chi connectivity index (χ3n) is 3.34. The molecule has 0 N–H and O–H groups in total. The van der Waals surface area contributed by atoms with Crippen LogP contribution in [0.4, 0.5) is 0 Å². The molecule has 0 aromatic carbocycles. The maximum atomic E-state index is 12.1. The van der Waals surface area contributed by atoms with Crippen molar-refractivity contribution in [3.8, 4) is 6.07 Å². The van der Waals surface area contributed by atoms with E-state index in [0.717, 1.165) is 38.8 Å². The Bertz CT molecular complexity index is 283. The molecule has 0 atom stereocenters. The van der Waals surface area contributed by atoms with Crippen LogP contribution in [0.3, 0.4) is 0 Å². The second kappa shape index (κ2) is 4.19. The lowest BCUT2D eigenvalue weighted by Crippen LogP contribution is -2.47. The van der Waals surface area contributed by atoms with Gasteiger partial charge in [-0.2, -0.15) is 5.26 Å². The number of nitrogens with zero attached hydrogens (tertiary/aromatic N) is 2. The first kappa shape index (κ1) is 10.4. The van der Waals surface area contributed by atoms with Gasteiger partial charge in [-0.25, -0.2) is 0 Å². The number of nitriles is 1. The van der Waals surface area contributed by atoms with Crippen LogP contribution in [-0.4, -0.2) is 37.1 Å². The van der Waals surface area contributed by atoms with Crippen LogP contribution in [0.15, 0.2) is 0 Å². The lowest BCUT2D eigenvalue weighted by Gasteiger charge is -2.37. The molecule has 0 aromatic heterocycles. The third kappa shape index (κ3) is 1.84. The Morgan fingerprint density at radius 2 is 2.07 bits per heavy atom. The van der Waals surface area contributed by atoms with Crippen molar-refractivity contribution in [2.75, 3.05) is 26.3 Å². The molecule has 15 heavy (non-hydrogen) atoms. The van der Waals surface area contributed by atoms with Crippen molar-refractivity contribution in [1.82, 2.24) is 4.90 Å². The highest BCUT2D eigenvalue weighted by molar-refractivity contribution is 5.86. The number of rotatable bonds is 1. The maximum absolute atomic E-state index is 12.1. The molecule has 1 saturated carbocycles. The van der Waals surface area contributed by atoms with Crippen molar-refractivity contribution in [2.45, 2.75) is 25.7 Å². The summed E-state index contributed by atoms with van der Waals surface area (Å²) in [4.78, 5) is 13.9. The summed E-state index contributed by atoms with van der Waals surface area (Å²) in [5.41, 5.74) is -0.690. The molecular weight excluding hydrogens is 192 g/mol. The van der Waals surface area contributed by atoms with Gasteiger partial charge in [0.05, 0.1) is 12.7 Å². The van der Waals surface area contributed by atoms with E-state index in [4.69, 9.17) is 10.00 Å². The molecule has 1 aliphatic heterocycles. The summed E-state index contributed by atoms with van der Waals surface area (Å²) in [6.07, 6.45) is 3.36. The SMILES string of the molecule is N#CC1(C(=O)N2CCCOCC2)CCC1. The molecule has 2 rings (SSSR count). The quantitative estimate of drug-likeness (QED) is 0.644. The van der Waals surface area contributed by atoms with Gasteiger partial charge >= 0.3 is 0 Å². The van der Waals surface area contributed by atoms with E-state index in [1.165, 1.54) is 0 Å². The molecular formula is C11H16N2O2. The van der Waals surface area contributed by atoms with Crippen molar-refractivity contribution in [3.63, 3.8) is 0 Å². The molecule has 0 radical (unpaired) electrons. The van der Waals surface area contributed by atoms with Crippen molar-refractivity contribution in [3.05, 3.63) is 0 Å². The molecule has 0 aromatic rings. The maximum Gasteiger partial charge on any atom is 0.243 e. The smallest absolute Gasteiger partial charge is 0.243 e.